The van der Waals surface area contributed by atoms with Crippen LogP contribution < -0.4 is 23.8 Å². The third-order valence-corrected chi connectivity index (χ3v) is 5.05. The third kappa shape index (κ3) is 4.17. The first kappa shape index (κ1) is 20.6. The highest BCUT2D eigenvalue weighted by Gasteiger charge is 2.36. The van der Waals surface area contributed by atoms with Crippen LogP contribution in [0.2, 0.25) is 0 Å². The van der Waals surface area contributed by atoms with Crippen molar-refractivity contribution in [3.8, 4) is 23.0 Å². The number of rotatable bonds is 7. The summed E-state index contributed by atoms with van der Waals surface area (Å²) < 4.78 is 21.4. The summed E-state index contributed by atoms with van der Waals surface area (Å²) in [5.41, 5.74) is 1.14. The SMILES string of the molecule is CCOc1ccc(N2C(=O)S/C(=C/c3cc(OC)c(OC)c(OC)c3)C2=O)cc1. The van der Waals surface area contributed by atoms with Crippen LogP contribution in [0.3, 0.4) is 0 Å². The standard InChI is InChI=1S/C21H21NO6S/c1-5-28-15-8-6-14(7-9-15)22-20(23)18(29-21(22)24)12-13-10-16(25-2)19(27-4)17(11-13)26-3/h6-12H,5H2,1-4H3/b18-12+. The van der Waals surface area contributed by atoms with E-state index in [2.05, 4.69) is 0 Å². The minimum absolute atomic E-state index is 0.304. The van der Waals surface area contributed by atoms with Crippen molar-refractivity contribution < 1.29 is 28.5 Å². The van der Waals surface area contributed by atoms with E-state index in [0.29, 0.717) is 45.8 Å². The highest BCUT2D eigenvalue weighted by atomic mass is 32.2. The Morgan fingerprint density at radius 2 is 1.59 bits per heavy atom. The first-order chi connectivity index (χ1) is 14.0. The van der Waals surface area contributed by atoms with Crippen molar-refractivity contribution in [2.45, 2.75) is 6.92 Å². The number of hydrogen-bond acceptors (Lipinski definition) is 7. The van der Waals surface area contributed by atoms with Crippen LogP contribution in [0.5, 0.6) is 23.0 Å². The molecule has 152 valence electrons. The summed E-state index contributed by atoms with van der Waals surface area (Å²) in [6.07, 6.45) is 1.63. The van der Waals surface area contributed by atoms with Crippen LogP contribution in [-0.2, 0) is 4.79 Å². The number of ether oxygens (including phenoxy) is 4. The molecule has 0 unspecified atom stereocenters. The van der Waals surface area contributed by atoms with Crippen LogP contribution in [0, 0.1) is 0 Å². The maximum atomic E-state index is 12.9. The zero-order valence-corrected chi connectivity index (χ0v) is 17.4. The smallest absolute Gasteiger partial charge is 0.298 e. The van der Waals surface area contributed by atoms with E-state index >= 15 is 0 Å². The zero-order chi connectivity index (χ0) is 21.0. The van der Waals surface area contributed by atoms with Gasteiger partial charge in [-0.05, 0) is 66.7 Å². The molecule has 1 saturated heterocycles. The zero-order valence-electron chi connectivity index (χ0n) is 16.6. The van der Waals surface area contributed by atoms with Gasteiger partial charge in [0.1, 0.15) is 5.75 Å². The molecule has 7 nitrogen and oxygen atoms in total. The number of nitrogens with zero attached hydrogens (tertiary/aromatic N) is 1. The molecular formula is C21H21NO6S. The molecule has 3 rings (SSSR count). The number of carbonyl (C=O) groups excluding carboxylic acids is 2. The predicted molar refractivity (Wildman–Crippen MR) is 112 cm³/mol. The van der Waals surface area contributed by atoms with E-state index in [0.717, 1.165) is 16.7 Å². The van der Waals surface area contributed by atoms with Crippen LogP contribution in [-0.4, -0.2) is 39.1 Å². The van der Waals surface area contributed by atoms with Gasteiger partial charge in [-0.1, -0.05) is 0 Å². The minimum atomic E-state index is -0.391. The summed E-state index contributed by atoms with van der Waals surface area (Å²) in [5.74, 6) is 1.66. The molecular weight excluding hydrogens is 394 g/mol. The molecule has 0 N–H and O–H groups in total. The van der Waals surface area contributed by atoms with Crippen molar-refractivity contribution in [2.24, 2.45) is 0 Å². The maximum Gasteiger partial charge on any atom is 0.298 e. The topological polar surface area (TPSA) is 74.3 Å². The summed E-state index contributed by atoms with van der Waals surface area (Å²) in [5, 5.41) is -0.363. The number of anilines is 1. The number of amides is 2. The fourth-order valence-corrected chi connectivity index (χ4v) is 3.73. The summed E-state index contributed by atoms with van der Waals surface area (Å²) in [6, 6.07) is 10.3. The molecule has 0 bridgehead atoms. The Bertz CT molecular complexity index is 929. The lowest BCUT2D eigenvalue weighted by Gasteiger charge is -2.13. The lowest BCUT2D eigenvalue weighted by Crippen LogP contribution is -2.27. The van der Waals surface area contributed by atoms with Gasteiger partial charge in [0.05, 0.1) is 38.5 Å². The molecule has 29 heavy (non-hydrogen) atoms. The Balaban J connectivity index is 1.92. The Morgan fingerprint density at radius 1 is 0.966 bits per heavy atom. The largest absolute Gasteiger partial charge is 0.494 e. The van der Waals surface area contributed by atoms with Crippen LogP contribution in [0.1, 0.15) is 12.5 Å². The normalized spacial score (nSPS) is 15.0. The second-order valence-corrected chi connectivity index (χ2v) is 6.90. The van der Waals surface area contributed by atoms with Gasteiger partial charge in [-0.2, -0.15) is 0 Å². The van der Waals surface area contributed by atoms with E-state index in [1.54, 1.807) is 42.5 Å². The minimum Gasteiger partial charge on any atom is -0.494 e. The quantitative estimate of drug-likeness (QED) is 0.622. The van der Waals surface area contributed by atoms with Gasteiger partial charge in [-0.3, -0.25) is 9.59 Å². The highest BCUT2D eigenvalue weighted by molar-refractivity contribution is 8.19. The number of carbonyl (C=O) groups is 2. The molecule has 2 aromatic carbocycles. The Labute approximate surface area is 173 Å². The lowest BCUT2D eigenvalue weighted by molar-refractivity contribution is -0.113. The van der Waals surface area contributed by atoms with Gasteiger partial charge in [0, 0.05) is 0 Å². The first-order valence-corrected chi connectivity index (χ1v) is 9.64. The van der Waals surface area contributed by atoms with E-state index < -0.39 is 5.91 Å². The molecule has 1 aliphatic heterocycles. The van der Waals surface area contributed by atoms with Crippen molar-refractivity contribution in [1.82, 2.24) is 0 Å². The average molecular weight is 415 g/mol. The van der Waals surface area contributed by atoms with Crippen molar-refractivity contribution in [2.75, 3.05) is 32.8 Å². The summed E-state index contributed by atoms with van der Waals surface area (Å²) in [4.78, 5) is 26.8. The number of benzene rings is 2. The highest BCUT2D eigenvalue weighted by Crippen LogP contribution is 2.41. The average Bonchev–Trinajstić information content (AvgIpc) is 3.01. The molecule has 0 aliphatic carbocycles. The maximum absolute atomic E-state index is 12.9. The van der Waals surface area contributed by atoms with Gasteiger partial charge in [0.25, 0.3) is 11.1 Å². The molecule has 0 spiro atoms. The second kappa shape index (κ2) is 8.91. The summed E-state index contributed by atoms with van der Waals surface area (Å²) >= 11 is 0.877. The van der Waals surface area contributed by atoms with Gasteiger partial charge in [-0.15, -0.1) is 0 Å². The second-order valence-electron chi connectivity index (χ2n) is 5.90. The van der Waals surface area contributed by atoms with Gasteiger partial charge < -0.3 is 18.9 Å². The van der Waals surface area contributed by atoms with Gasteiger partial charge >= 0.3 is 0 Å². The van der Waals surface area contributed by atoms with Crippen LogP contribution >= 0.6 is 11.8 Å². The molecule has 8 heteroatoms. The number of thioether (sulfide) groups is 1. The Morgan fingerprint density at radius 3 is 2.10 bits per heavy atom. The van der Waals surface area contributed by atoms with E-state index in [1.807, 2.05) is 6.92 Å². The first-order valence-electron chi connectivity index (χ1n) is 8.83. The fourth-order valence-electron chi connectivity index (χ4n) is 2.88. The van der Waals surface area contributed by atoms with Crippen molar-refractivity contribution in [1.29, 1.82) is 0 Å². The van der Waals surface area contributed by atoms with Crippen molar-refractivity contribution in [3.05, 3.63) is 46.9 Å². The van der Waals surface area contributed by atoms with E-state index in [4.69, 9.17) is 18.9 Å². The van der Waals surface area contributed by atoms with Crippen molar-refractivity contribution >= 4 is 34.7 Å². The number of methoxy groups -OCH3 is 3. The fraction of sp³-hybridized carbons (Fsp3) is 0.238. The van der Waals surface area contributed by atoms with Crippen LogP contribution in [0.15, 0.2) is 41.3 Å². The summed E-state index contributed by atoms with van der Waals surface area (Å²) in [6.45, 7) is 2.43. The molecule has 0 radical (unpaired) electrons. The van der Waals surface area contributed by atoms with E-state index in [-0.39, 0.29) is 5.24 Å². The molecule has 0 saturated carbocycles. The van der Waals surface area contributed by atoms with Crippen LogP contribution in [0.4, 0.5) is 10.5 Å². The predicted octanol–water partition coefficient (Wildman–Crippen LogP) is 4.35. The van der Waals surface area contributed by atoms with Crippen molar-refractivity contribution in [3.63, 3.8) is 0 Å². The van der Waals surface area contributed by atoms with Crippen LogP contribution in [0.25, 0.3) is 6.08 Å². The van der Waals surface area contributed by atoms with Gasteiger partial charge in [0.15, 0.2) is 11.5 Å². The lowest BCUT2D eigenvalue weighted by atomic mass is 10.1. The molecule has 1 fully saturated rings. The molecule has 2 amide bonds. The third-order valence-electron chi connectivity index (χ3n) is 4.18. The molecule has 1 aliphatic rings. The van der Waals surface area contributed by atoms with Gasteiger partial charge in [0.2, 0.25) is 5.75 Å². The number of hydrogen-bond donors (Lipinski definition) is 0. The monoisotopic (exact) mass is 415 g/mol. The van der Waals surface area contributed by atoms with E-state index in [9.17, 15) is 9.59 Å². The Hall–Kier alpha value is -3.13. The Kier molecular flexibility index (Phi) is 6.33. The molecule has 0 aromatic heterocycles. The summed E-state index contributed by atoms with van der Waals surface area (Å²) in [7, 11) is 4.55. The molecule has 1 heterocycles. The number of imide groups is 1. The molecule has 2 aromatic rings. The molecule has 0 atom stereocenters. The van der Waals surface area contributed by atoms with E-state index in [1.165, 1.54) is 21.3 Å². The van der Waals surface area contributed by atoms with Gasteiger partial charge in [-0.25, -0.2) is 4.90 Å².